The summed E-state index contributed by atoms with van der Waals surface area (Å²) in [5.74, 6) is 6.03. The van der Waals surface area contributed by atoms with Crippen LogP contribution in [0.1, 0.15) is 5.56 Å². The highest BCUT2D eigenvalue weighted by Gasteiger charge is 2.05. The zero-order chi connectivity index (χ0) is 11.5. The number of hydrogen-bond acceptors (Lipinski definition) is 2. The molecule has 2 aromatic carbocycles. The normalized spacial score (nSPS) is 10.2. The lowest BCUT2D eigenvalue weighted by molar-refractivity contribution is 1.08. The highest BCUT2D eigenvalue weighted by atomic mass is 35.5. The van der Waals surface area contributed by atoms with Gasteiger partial charge in [0, 0.05) is 5.02 Å². The van der Waals surface area contributed by atoms with Crippen molar-refractivity contribution in [2.45, 2.75) is 6.92 Å². The van der Waals surface area contributed by atoms with Gasteiger partial charge in [0.25, 0.3) is 0 Å². The number of anilines is 2. The van der Waals surface area contributed by atoms with E-state index in [2.05, 4.69) is 0 Å². The van der Waals surface area contributed by atoms with E-state index in [1.54, 1.807) is 5.01 Å². The number of hydrogen-bond donors (Lipinski definition) is 1. The molecule has 0 heterocycles. The topological polar surface area (TPSA) is 29.3 Å². The Morgan fingerprint density at radius 1 is 1.00 bits per heavy atom. The first-order valence-corrected chi connectivity index (χ1v) is 5.42. The first-order valence-electron chi connectivity index (χ1n) is 5.04. The van der Waals surface area contributed by atoms with E-state index in [-0.39, 0.29) is 0 Å². The Labute approximate surface area is 100 Å². The Morgan fingerprint density at radius 2 is 1.69 bits per heavy atom. The molecule has 0 atom stereocenters. The van der Waals surface area contributed by atoms with Crippen molar-refractivity contribution in [3.8, 4) is 0 Å². The summed E-state index contributed by atoms with van der Waals surface area (Å²) in [6, 6.07) is 15.5. The van der Waals surface area contributed by atoms with Gasteiger partial charge in [-0.1, -0.05) is 29.8 Å². The van der Waals surface area contributed by atoms with E-state index in [9.17, 15) is 0 Å². The fourth-order valence-corrected chi connectivity index (χ4v) is 1.88. The van der Waals surface area contributed by atoms with Crippen molar-refractivity contribution < 1.29 is 0 Å². The molecule has 0 radical (unpaired) electrons. The zero-order valence-corrected chi connectivity index (χ0v) is 9.78. The van der Waals surface area contributed by atoms with Crippen molar-refractivity contribution in [1.82, 2.24) is 0 Å². The Balaban J connectivity index is 2.37. The molecule has 2 nitrogen and oxygen atoms in total. The average molecular weight is 233 g/mol. The smallest absolute Gasteiger partial charge is 0.0592 e. The molecule has 0 aliphatic rings. The van der Waals surface area contributed by atoms with Gasteiger partial charge in [-0.15, -0.1) is 0 Å². The van der Waals surface area contributed by atoms with Gasteiger partial charge in [0.1, 0.15) is 0 Å². The molecule has 3 heteroatoms. The van der Waals surface area contributed by atoms with Gasteiger partial charge in [0.05, 0.1) is 11.4 Å². The maximum Gasteiger partial charge on any atom is 0.0592 e. The molecular weight excluding hydrogens is 220 g/mol. The lowest BCUT2D eigenvalue weighted by Crippen LogP contribution is -2.24. The average Bonchev–Trinajstić information content (AvgIpc) is 2.28. The molecule has 82 valence electrons. The molecule has 0 aliphatic heterocycles. The minimum absolute atomic E-state index is 0.696. The molecule has 0 saturated heterocycles. The molecule has 0 amide bonds. The van der Waals surface area contributed by atoms with Crippen molar-refractivity contribution in [1.29, 1.82) is 0 Å². The number of nitrogens with two attached hydrogens (primary N) is 1. The van der Waals surface area contributed by atoms with E-state index in [1.807, 2.05) is 55.5 Å². The highest BCUT2D eigenvalue weighted by Crippen LogP contribution is 2.25. The number of halogens is 1. The van der Waals surface area contributed by atoms with Gasteiger partial charge in [0.15, 0.2) is 0 Å². The molecular formula is C13H13ClN2. The summed E-state index contributed by atoms with van der Waals surface area (Å²) in [4.78, 5) is 0. The minimum Gasteiger partial charge on any atom is -0.280 e. The van der Waals surface area contributed by atoms with Crippen molar-refractivity contribution >= 4 is 23.0 Å². The van der Waals surface area contributed by atoms with Gasteiger partial charge in [-0.05, 0) is 42.8 Å². The largest absolute Gasteiger partial charge is 0.280 e. The molecule has 2 aromatic rings. The number of para-hydroxylation sites is 1. The Morgan fingerprint density at radius 3 is 2.31 bits per heavy atom. The Hall–Kier alpha value is -1.51. The number of nitrogens with zero attached hydrogens (tertiary/aromatic N) is 1. The number of hydrazine groups is 1. The second-order valence-corrected chi connectivity index (χ2v) is 4.13. The first-order chi connectivity index (χ1) is 7.66. The minimum atomic E-state index is 0.696. The third-order valence-electron chi connectivity index (χ3n) is 2.34. The number of benzene rings is 2. The van der Waals surface area contributed by atoms with Gasteiger partial charge in [0.2, 0.25) is 0 Å². The lowest BCUT2D eigenvalue weighted by atomic mass is 10.2. The second-order valence-electron chi connectivity index (χ2n) is 3.69. The van der Waals surface area contributed by atoms with Crippen molar-refractivity contribution in [3.63, 3.8) is 0 Å². The molecule has 0 bridgehead atoms. The summed E-state index contributed by atoms with van der Waals surface area (Å²) in [7, 11) is 0. The van der Waals surface area contributed by atoms with Crippen molar-refractivity contribution in [2.24, 2.45) is 5.84 Å². The summed E-state index contributed by atoms with van der Waals surface area (Å²) in [5, 5.41) is 2.32. The van der Waals surface area contributed by atoms with Gasteiger partial charge in [-0.25, -0.2) is 5.84 Å². The molecule has 0 aromatic heterocycles. The molecule has 0 spiro atoms. The summed E-state index contributed by atoms with van der Waals surface area (Å²) >= 11 is 6.00. The molecule has 16 heavy (non-hydrogen) atoms. The van der Waals surface area contributed by atoms with Crippen LogP contribution in [-0.4, -0.2) is 0 Å². The Kier molecular flexibility index (Phi) is 3.13. The predicted molar refractivity (Wildman–Crippen MR) is 69.0 cm³/mol. The second kappa shape index (κ2) is 4.56. The van der Waals surface area contributed by atoms with Gasteiger partial charge < -0.3 is 0 Å². The van der Waals surface area contributed by atoms with Gasteiger partial charge >= 0.3 is 0 Å². The third kappa shape index (κ3) is 2.35. The number of rotatable bonds is 2. The van der Waals surface area contributed by atoms with E-state index in [0.717, 1.165) is 16.9 Å². The summed E-state index contributed by atoms with van der Waals surface area (Å²) in [6.45, 7) is 1.99. The van der Waals surface area contributed by atoms with Crippen LogP contribution in [0.5, 0.6) is 0 Å². The molecule has 0 saturated carbocycles. The highest BCUT2D eigenvalue weighted by molar-refractivity contribution is 6.30. The van der Waals surface area contributed by atoms with Crippen LogP contribution in [0, 0.1) is 6.92 Å². The molecule has 0 aliphatic carbocycles. The zero-order valence-electron chi connectivity index (χ0n) is 9.02. The number of aryl methyl sites for hydroxylation is 1. The Bertz CT molecular complexity index is 462. The predicted octanol–water partition coefficient (Wildman–Crippen LogP) is 3.66. The fraction of sp³-hybridized carbons (Fsp3) is 0.0769. The van der Waals surface area contributed by atoms with Gasteiger partial charge in [-0.3, -0.25) is 5.01 Å². The van der Waals surface area contributed by atoms with Crippen molar-refractivity contribution in [2.75, 3.05) is 5.01 Å². The molecule has 0 fully saturated rings. The monoisotopic (exact) mass is 232 g/mol. The van der Waals surface area contributed by atoms with E-state index in [0.29, 0.717) is 5.02 Å². The fourth-order valence-electron chi connectivity index (χ4n) is 1.59. The van der Waals surface area contributed by atoms with Crippen LogP contribution in [0.15, 0.2) is 48.5 Å². The lowest BCUT2D eigenvalue weighted by Gasteiger charge is -2.19. The standard InChI is InChI=1S/C13H13ClN2/c1-10-7-11(14)9-13(8-10)16(15)12-5-3-2-4-6-12/h2-9H,15H2,1H3. The van der Waals surface area contributed by atoms with Crippen molar-refractivity contribution in [3.05, 3.63) is 59.1 Å². The van der Waals surface area contributed by atoms with Crippen LogP contribution in [-0.2, 0) is 0 Å². The van der Waals surface area contributed by atoms with Crippen LogP contribution in [0.4, 0.5) is 11.4 Å². The van der Waals surface area contributed by atoms with E-state index >= 15 is 0 Å². The summed E-state index contributed by atoms with van der Waals surface area (Å²) < 4.78 is 0. The van der Waals surface area contributed by atoms with Crippen LogP contribution in [0.3, 0.4) is 0 Å². The van der Waals surface area contributed by atoms with E-state index in [4.69, 9.17) is 17.4 Å². The quantitative estimate of drug-likeness (QED) is 0.633. The third-order valence-corrected chi connectivity index (χ3v) is 2.56. The summed E-state index contributed by atoms with van der Waals surface area (Å²) in [6.07, 6.45) is 0. The summed E-state index contributed by atoms with van der Waals surface area (Å²) in [5.41, 5.74) is 2.91. The van der Waals surface area contributed by atoms with E-state index < -0.39 is 0 Å². The first kappa shape index (κ1) is 11.0. The molecule has 2 N–H and O–H groups in total. The molecule has 2 rings (SSSR count). The van der Waals surface area contributed by atoms with Crippen LogP contribution >= 0.6 is 11.6 Å². The van der Waals surface area contributed by atoms with E-state index in [1.165, 1.54) is 0 Å². The van der Waals surface area contributed by atoms with Crippen LogP contribution in [0.2, 0.25) is 5.02 Å². The maximum atomic E-state index is 6.03. The van der Waals surface area contributed by atoms with Crippen LogP contribution < -0.4 is 10.9 Å². The molecule has 0 unspecified atom stereocenters. The SMILES string of the molecule is Cc1cc(Cl)cc(N(N)c2ccccc2)c1. The maximum absolute atomic E-state index is 6.03. The van der Waals surface area contributed by atoms with Gasteiger partial charge in [-0.2, -0.15) is 0 Å². The van der Waals surface area contributed by atoms with Crippen LogP contribution in [0.25, 0.3) is 0 Å².